The lowest BCUT2D eigenvalue weighted by molar-refractivity contribution is 0.625. The first-order valence-electron chi connectivity index (χ1n) is 5.60. The van der Waals surface area contributed by atoms with Gasteiger partial charge in [-0.2, -0.15) is 15.0 Å². The van der Waals surface area contributed by atoms with Crippen LogP contribution in [0.3, 0.4) is 0 Å². The van der Waals surface area contributed by atoms with E-state index in [4.69, 9.17) is 23.2 Å². The molecular weight excluding hydrogens is 290 g/mol. The van der Waals surface area contributed by atoms with Crippen molar-refractivity contribution in [1.82, 2.24) is 15.0 Å². The van der Waals surface area contributed by atoms with Crippen LogP contribution in [0.15, 0.2) is 18.2 Å². The van der Waals surface area contributed by atoms with E-state index < -0.39 is 0 Å². The average Bonchev–Trinajstić information content (AvgIpc) is 2.30. The first-order chi connectivity index (χ1) is 9.04. The van der Waals surface area contributed by atoms with Crippen molar-refractivity contribution in [3.63, 3.8) is 0 Å². The highest BCUT2D eigenvalue weighted by Gasteiger charge is 2.04. The van der Waals surface area contributed by atoms with Gasteiger partial charge in [-0.3, -0.25) is 0 Å². The summed E-state index contributed by atoms with van der Waals surface area (Å²) in [6.07, 6.45) is 0.715. The molecule has 7 heteroatoms. The van der Waals surface area contributed by atoms with Crippen LogP contribution in [-0.4, -0.2) is 21.5 Å². The SMILES string of the molecule is Cc1cc(F)ccc1CCNc1nc(Cl)nc(Cl)n1. The van der Waals surface area contributed by atoms with Crippen LogP contribution in [0, 0.1) is 12.7 Å². The summed E-state index contributed by atoms with van der Waals surface area (Å²) in [6.45, 7) is 2.46. The van der Waals surface area contributed by atoms with E-state index in [1.54, 1.807) is 6.07 Å². The molecule has 0 bridgehead atoms. The number of nitrogens with one attached hydrogen (secondary N) is 1. The second-order valence-corrected chi connectivity index (χ2v) is 4.62. The maximum absolute atomic E-state index is 13.0. The highest BCUT2D eigenvalue weighted by molar-refractivity contribution is 6.31. The zero-order chi connectivity index (χ0) is 13.8. The Labute approximate surface area is 120 Å². The highest BCUT2D eigenvalue weighted by Crippen LogP contribution is 2.12. The van der Waals surface area contributed by atoms with Gasteiger partial charge in [-0.25, -0.2) is 4.39 Å². The Morgan fingerprint density at radius 1 is 1.16 bits per heavy atom. The third-order valence-corrected chi connectivity index (χ3v) is 2.90. The Hall–Kier alpha value is -1.46. The maximum atomic E-state index is 13.0. The fraction of sp³-hybridized carbons (Fsp3) is 0.250. The number of hydrogen-bond donors (Lipinski definition) is 1. The van der Waals surface area contributed by atoms with E-state index in [9.17, 15) is 4.39 Å². The number of anilines is 1. The van der Waals surface area contributed by atoms with Crippen LogP contribution in [0.25, 0.3) is 0 Å². The van der Waals surface area contributed by atoms with Gasteiger partial charge in [0.05, 0.1) is 0 Å². The molecule has 0 saturated carbocycles. The van der Waals surface area contributed by atoms with Gasteiger partial charge in [0.1, 0.15) is 5.82 Å². The van der Waals surface area contributed by atoms with Crippen LogP contribution < -0.4 is 5.32 Å². The molecule has 0 atom stereocenters. The van der Waals surface area contributed by atoms with Crippen molar-refractivity contribution in [2.24, 2.45) is 0 Å². The van der Waals surface area contributed by atoms with Gasteiger partial charge in [0.2, 0.25) is 16.5 Å². The fourth-order valence-corrected chi connectivity index (χ4v) is 2.02. The maximum Gasteiger partial charge on any atom is 0.228 e. The van der Waals surface area contributed by atoms with Gasteiger partial charge in [0.15, 0.2) is 0 Å². The number of rotatable bonds is 4. The summed E-state index contributed by atoms with van der Waals surface area (Å²) in [7, 11) is 0. The summed E-state index contributed by atoms with van der Waals surface area (Å²) in [6, 6.07) is 4.71. The first kappa shape index (κ1) is 14.0. The van der Waals surface area contributed by atoms with E-state index in [0.717, 1.165) is 11.1 Å². The Morgan fingerprint density at radius 2 is 1.84 bits per heavy atom. The number of nitrogens with zero attached hydrogens (tertiary/aromatic N) is 3. The molecular formula is C12H11Cl2FN4. The third kappa shape index (κ3) is 4.01. The zero-order valence-electron chi connectivity index (χ0n) is 10.1. The largest absolute Gasteiger partial charge is 0.354 e. The van der Waals surface area contributed by atoms with Crippen molar-refractivity contribution in [3.05, 3.63) is 45.7 Å². The molecule has 100 valence electrons. The molecule has 0 radical (unpaired) electrons. The molecule has 0 unspecified atom stereocenters. The number of aromatic nitrogens is 3. The Bertz CT molecular complexity index is 572. The smallest absolute Gasteiger partial charge is 0.228 e. The summed E-state index contributed by atoms with van der Waals surface area (Å²) < 4.78 is 13.0. The van der Waals surface area contributed by atoms with Crippen LogP contribution in [0.5, 0.6) is 0 Å². The monoisotopic (exact) mass is 300 g/mol. The third-order valence-electron chi connectivity index (χ3n) is 2.56. The molecule has 0 aliphatic heterocycles. The molecule has 0 saturated heterocycles. The Morgan fingerprint density at radius 3 is 2.47 bits per heavy atom. The number of aryl methyl sites for hydroxylation is 1. The van der Waals surface area contributed by atoms with Gasteiger partial charge >= 0.3 is 0 Å². The van der Waals surface area contributed by atoms with E-state index in [1.807, 2.05) is 6.92 Å². The van der Waals surface area contributed by atoms with Crippen molar-refractivity contribution in [2.45, 2.75) is 13.3 Å². The molecule has 1 aromatic carbocycles. The van der Waals surface area contributed by atoms with Crippen LogP contribution in [0.2, 0.25) is 10.6 Å². The van der Waals surface area contributed by atoms with Gasteiger partial charge in [-0.05, 0) is 59.8 Å². The van der Waals surface area contributed by atoms with Crippen molar-refractivity contribution >= 4 is 29.2 Å². The predicted molar refractivity (Wildman–Crippen MR) is 73.2 cm³/mol. The summed E-state index contributed by atoms with van der Waals surface area (Å²) in [5, 5.41) is 3.08. The lowest BCUT2D eigenvalue weighted by Crippen LogP contribution is -2.09. The molecule has 2 aromatic rings. The molecule has 1 N–H and O–H groups in total. The van der Waals surface area contributed by atoms with Crippen LogP contribution in [0.1, 0.15) is 11.1 Å². The Balaban J connectivity index is 1.96. The lowest BCUT2D eigenvalue weighted by atomic mass is 10.1. The minimum absolute atomic E-state index is 0.0421. The van der Waals surface area contributed by atoms with Crippen LogP contribution in [0.4, 0.5) is 10.3 Å². The molecule has 0 spiro atoms. The van der Waals surface area contributed by atoms with E-state index in [-0.39, 0.29) is 16.4 Å². The van der Waals surface area contributed by atoms with E-state index in [2.05, 4.69) is 20.3 Å². The molecule has 0 fully saturated rings. The van der Waals surface area contributed by atoms with E-state index in [1.165, 1.54) is 12.1 Å². The van der Waals surface area contributed by atoms with Crippen molar-refractivity contribution in [2.75, 3.05) is 11.9 Å². The second-order valence-electron chi connectivity index (χ2n) is 3.94. The molecule has 0 aliphatic rings. The van der Waals surface area contributed by atoms with Gasteiger partial charge in [0.25, 0.3) is 0 Å². The normalized spacial score (nSPS) is 10.5. The minimum atomic E-state index is -0.231. The van der Waals surface area contributed by atoms with Crippen molar-refractivity contribution < 1.29 is 4.39 Å². The Kier molecular flexibility index (Phi) is 4.50. The summed E-state index contributed by atoms with van der Waals surface area (Å²) in [5.74, 6) is 0.0926. The first-order valence-corrected chi connectivity index (χ1v) is 6.36. The van der Waals surface area contributed by atoms with Crippen molar-refractivity contribution in [1.29, 1.82) is 0 Å². The lowest BCUT2D eigenvalue weighted by Gasteiger charge is -2.07. The number of halogens is 3. The van der Waals surface area contributed by atoms with Crippen LogP contribution >= 0.6 is 23.2 Å². The van der Waals surface area contributed by atoms with Gasteiger partial charge in [-0.1, -0.05) is 6.07 Å². The van der Waals surface area contributed by atoms with Crippen LogP contribution in [-0.2, 0) is 6.42 Å². The van der Waals surface area contributed by atoms with Gasteiger partial charge in [0, 0.05) is 6.54 Å². The second kappa shape index (κ2) is 6.12. The molecule has 1 aromatic heterocycles. The fourth-order valence-electron chi connectivity index (χ4n) is 1.65. The molecule has 4 nitrogen and oxygen atoms in total. The van der Waals surface area contributed by atoms with E-state index >= 15 is 0 Å². The minimum Gasteiger partial charge on any atom is -0.354 e. The molecule has 0 aliphatic carbocycles. The summed E-state index contributed by atoms with van der Waals surface area (Å²) >= 11 is 11.3. The molecule has 19 heavy (non-hydrogen) atoms. The van der Waals surface area contributed by atoms with Crippen molar-refractivity contribution in [3.8, 4) is 0 Å². The molecule has 0 amide bonds. The zero-order valence-corrected chi connectivity index (χ0v) is 11.6. The van der Waals surface area contributed by atoms with Gasteiger partial charge < -0.3 is 5.32 Å². The predicted octanol–water partition coefficient (Wildman–Crippen LogP) is 3.28. The number of benzene rings is 1. The standard InChI is InChI=1S/C12H11Cl2FN4/c1-7-6-9(15)3-2-8(7)4-5-16-12-18-10(13)17-11(14)19-12/h2-3,6H,4-5H2,1H3,(H,16,17,18,19). The summed E-state index contributed by atoms with van der Waals surface area (Å²) in [4.78, 5) is 11.4. The molecule has 1 heterocycles. The quantitative estimate of drug-likeness (QED) is 0.941. The highest BCUT2D eigenvalue weighted by atomic mass is 35.5. The summed E-state index contributed by atoms with van der Waals surface area (Å²) in [5.41, 5.74) is 1.97. The van der Waals surface area contributed by atoms with E-state index in [0.29, 0.717) is 18.9 Å². The average molecular weight is 301 g/mol. The molecule has 2 rings (SSSR count). The van der Waals surface area contributed by atoms with Gasteiger partial charge in [-0.15, -0.1) is 0 Å². The topological polar surface area (TPSA) is 50.7 Å². The number of hydrogen-bond acceptors (Lipinski definition) is 4.